The number of aliphatic hydroxyl groups excluding tert-OH is 1. The molecule has 1 amide bonds. The Morgan fingerprint density at radius 1 is 0.930 bits per heavy atom. The first-order valence-electron chi connectivity index (χ1n) is 14.5. The fraction of sp³-hybridized carbons (Fsp3) is 0.257. The number of carbonyl (C=O) groups excluding carboxylic acids is 1. The summed E-state index contributed by atoms with van der Waals surface area (Å²) in [5.74, 6) is 1.59. The number of hydrazine groups is 1. The number of aliphatic imine (C=N–C) groups is 1. The van der Waals surface area contributed by atoms with E-state index in [2.05, 4.69) is 10.9 Å². The second kappa shape index (κ2) is 14.5. The van der Waals surface area contributed by atoms with Crippen LogP contribution in [0.3, 0.4) is 0 Å². The lowest BCUT2D eigenvalue weighted by atomic mass is 9.82. The summed E-state index contributed by atoms with van der Waals surface area (Å²) in [6.07, 6.45) is 0.885. The van der Waals surface area contributed by atoms with E-state index in [0.717, 1.165) is 28.0 Å². The van der Waals surface area contributed by atoms with Crippen LogP contribution >= 0.6 is 0 Å². The lowest BCUT2D eigenvalue weighted by molar-refractivity contribution is -0.130. The third-order valence-corrected chi connectivity index (χ3v) is 7.36. The lowest BCUT2D eigenvalue weighted by Gasteiger charge is -2.31. The third-order valence-electron chi connectivity index (χ3n) is 7.36. The van der Waals surface area contributed by atoms with Gasteiger partial charge in [-0.2, -0.15) is 0 Å². The number of aliphatic hydroxyl groups is 1. The number of carbonyl (C=O) groups is 1. The molecule has 222 valence electrons. The van der Waals surface area contributed by atoms with Crippen LogP contribution in [0.1, 0.15) is 34.8 Å². The summed E-state index contributed by atoms with van der Waals surface area (Å²) in [6.45, 7) is 0.997. The fourth-order valence-electron chi connectivity index (χ4n) is 5.17. The zero-order valence-electron chi connectivity index (χ0n) is 24.2. The van der Waals surface area contributed by atoms with Crippen molar-refractivity contribution in [1.29, 1.82) is 0 Å². The number of amides is 1. The maximum atomic E-state index is 14.2. The lowest BCUT2D eigenvalue weighted by Crippen LogP contribution is -2.54. The summed E-state index contributed by atoms with van der Waals surface area (Å²) in [5, 5.41) is 9.04. The van der Waals surface area contributed by atoms with Crippen molar-refractivity contribution >= 4 is 11.8 Å². The van der Waals surface area contributed by atoms with E-state index in [-0.39, 0.29) is 12.5 Å². The van der Waals surface area contributed by atoms with Crippen molar-refractivity contribution in [3.63, 3.8) is 0 Å². The van der Waals surface area contributed by atoms with E-state index in [1.54, 1.807) is 7.11 Å². The molecule has 0 bridgehead atoms. The van der Waals surface area contributed by atoms with Crippen molar-refractivity contribution in [2.24, 2.45) is 4.99 Å². The average molecular weight is 580 g/mol. The smallest absolute Gasteiger partial charge is 0.266 e. The Kier molecular flexibility index (Phi) is 10.0. The number of methoxy groups -OCH3 is 1. The average Bonchev–Trinajstić information content (AvgIpc) is 3.45. The van der Waals surface area contributed by atoms with Gasteiger partial charge >= 0.3 is 0 Å². The first-order valence-corrected chi connectivity index (χ1v) is 14.5. The van der Waals surface area contributed by atoms with E-state index < -0.39 is 11.6 Å². The molecule has 43 heavy (non-hydrogen) atoms. The molecule has 4 aromatic rings. The Hall–Kier alpha value is -4.66. The Morgan fingerprint density at radius 3 is 2.35 bits per heavy atom. The highest BCUT2D eigenvalue weighted by Crippen LogP contribution is 2.42. The van der Waals surface area contributed by atoms with Crippen LogP contribution in [0.5, 0.6) is 11.5 Å². The minimum absolute atomic E-state index is 0.0739. The molecule has 0 fully saturated rings. The summed E-state index contributed by atoms with van der Waals surface area (Å²) in [5.41, 5.74) is 8.38. The molecule has 5 rings (SSSR count). The number of ether oxygens (including phenoxy) is 3. The van der Waals surface area contributed by atoms with Crippen LogP contribution in [0.2, 0.25) is 0 Å². The third kappa shape index (κ3) is 7.23. The second-order valence-electron chi connectivity index (χ2n) is 10.3. The van der Waals surface area contributed by atoms with Gasteiger partial charge in [-0.15, -0.1) is 0 Å². The van der Waals surface area contributed by atoms with Crippen molar-refractivity contribution in [3.05, 3.63) is 131 Å². The minimum Gasteiger partial charge on any atom is -0.496 e. The molecular weight excluding hydrogens is 542 g/mol. The summed E-state index contributed by atoms with van der Waals surface area (Å²) in [7, 11) is 1.65. The van der Waals surface area contributed by atoms with E-state index in [1.807, 2.05) is 109 Å². The molecule has 0 spiro atoms. The van der Waals surface area contributed by atoms with Gasteiger partial charge in [-0.25, -0.2) is 10.4 Å². The van der Waals surface area contributed by atoms with Gasteiger partial charge in [0.05, 0.1) is 13.7 Å². The quantitative estimate of drug-likeness (QED) is 0.146. The van der Waals surface area contributed by atoms with Gasteiger partial charge < -0.3 is 19.3 Å². The number of hydrogen-bond acceptors (Lipinski definition) is 7. The Bertz CT molecular complexity index is 1500. The van der Waals surface area contributed by atoms with Gasteiger partial charge in [0, 0.05) is 31.6 Å². The SMILES string of the molecule is COc1ccccc1CCNNC(=O)[C@@]1(Cc2ccccc2)N=C(c2ccc(OCCCO)cc2)O[C@H]1c1ccccc1. The molecule has 2 atom stereocenters. The number of para-hydroxylation sites is 1. The minimum atomic E-state index is -1.29. The van der Waals surface area contributed by atoms with Crippen LogP contribution in [0.25, 0.3) is 0 Å². The van der Waals surface area contributed by atoms with Crippen LogP contribution in [0.4, 0.5) is 0 Å². The summed E-state index contributed by atoms with van der Waals surface area (Å²) >= 11 is 0. The molecule has 1 aliphatic rings. The maximum absolute atomic E-state index is 14.2. The molecule has 0 radical (unpaired) electrons. The van der Waals surface area contributed by atoms with Crippen molar-refractivity contribution in [1.82, 2.24) is 10.9 Å². The van der Waals surface area contributed by atoms with Crippen molar-refractivity contribution in [2.75, 3.05) is 26.9 Å². The van der Waals surface area contributed by atoms with E-state index in [9.17, 15) is 4.79 Å². The zero-order valence-corrected chi connectivity index (χ0v) is 24.2. The summed E-state index contributed by atoms with van der Waals surface area (Å²) < 4.78 is 17.7. The van der Waals surface area contributed by atoms with Gasteiger partial charge in [0.2, 0.25) is 5.90 Å². The highest BCUT2D eigenvalue weighted by molar-refractivity contribution is 6.01. The number of nitrogens with zero attached hydrogens (tertiary/aromatic N) is 1. The van der Waals surface area contributed by atoms with E-state index in [0.29, 0.717) is 44.1 Å². The molecule has 0 saturated heterocycles. The fourth-order valence-corrected chi connectivity index (χ4v) is 5.17. The second-order valence-corrected chi connectivity index (χ2v) is 10.3. The summed E-state index contributed by atoms with van der Waals surface area (Å²) in [4.78, 5) is 19.3. The topological polar surface area (TPSA) is 101 Å². The first-order chi connectivity index (χ1) is 21.1. The monoisotopic (exact) mass is 579 g/mol. The Labute approximate surface area is 252 Å². The first kappa shape index (κ1) is 29.8. The molecule has 0 aliphatic carbocycles. The molecule has 3 N–H and O–H groups in total. The van der Waals surface area contributed by atoms with Crippen LogP contribution in [0.15, 0.2) is 114 Å². The summed E-state index contributed by atoms with van der Waals surface area (Å²) in [6, 6.07) is 34.9. The largest absolute Gasteiger partial charge is 0.496 e. The molecule has 1 aliphatic heterocycles. The molecule has 8 nitrogen and oxygen atoms in total. The van der Waals surface area contributed by atoms with Crippen LogP contribution in [0, 0.1) is 0 Å². The Morgan fingerprint density at radius 2 is 1.63 bits per heavy atom. The molecule has 0 aromatic heterocycles. The maximum Gasteiger partial charge on any atom is 0.266 e. The normalized spacial score (nSPS) is 17.5. The van der Waals surface area contributed by atoms with Crippen LogP contribution in [-0.4, -0.2) is 49.3 Å². The molecule has 0 saturated carbocycles. The van der Waals surface area contributed by atoms with Crippen molar-refractivity contribution < 1.29 is 24.1 Å². The van der Waals surface area contributed by atoms with Gasteiger partial charge in [0.25, 0.3) is 5.91 Å². The molecular formula is C35H37N3O5. The van der Waals surface area contributed by atoms with Crippen molar-refractivity contribution in [2.45, 2.75) is 30.9 Å². The van der Waals surface area contributed by atoms with Crippen LogP contribution in [-0.2, 0) is 22.4 Å². The van der Waals surface area contributed by atoms with E-state index in [1.165, 1.54) is 0 Å². The predicted molar refractivity (Wildman–Crippen MR) is 166 cm³/mol. The standard InChI is InChI=1S/C35H37N3O5/c1-41-31-16-9-8-13-27(31)21-22-36-38-34(40)35(25-26-11-4-2-5-12-26)32(28-14-6-3-7-15-28)43-33(37-35)29-17-19-30(20-18-29)42-24-10-23-39/h2-9,11-20,32,36,39H,10,21-25H2,1H3,(H,38,40)/t32-,35-/m0/s1. The van der Waals surface area contributed by atoms with Crippen LogP contribution < -0.4 is 20.3 Å². The van der Waals surface area contributed by atoms with Gasteiger partial charge in [0.1, 0.15) is 11.5 Å². The zero-order chi connectivity index (χ0) is 29.9. The van der Waals surface area contributed by atoms with Gasteiger partial charge in [0.15, 0.2) is 11.6 Å². The molecule has 8 heteroatoms. The van der Waals surface area contributed by atoms with E-state index >= 15 is 0 Å². The molecule has 4 aromatic carbocycles. The van der Waals surface area contributed by atoms with Crippen molar-refractivity contribution in [3.8, 4) is 11.5 Å². The van der Waals surface area contributed by atoms with Gasteiger partial charge in [-0.1, -0.05) is 78.9 Å². The number of nitrogens with one attached hydrogen (secondary N) is 2. The molecule has 0 unspecified atom stereocenters. The van der Waals surface area contributed by atoms with Gasteiger partial charge in [-0.3, -0.25) is 10.2 Å². The number of benzene rings is 4. The predicted octanol–water partition coefficient (Wildman–Crippen LogP) is 4.82. The number of hydrogen-bond donors (Lipinski definition) is 3. The highest BCUT2D eigenvalue weighted by Gasteiger charge is 2.53. The van der Waals surface area contributed by atoms with E-state index in [4.69, 9.17) is 24.3 Å². The Balaban J connectivity index is 1.44. The van der Waals surface area contributed by atoms with Gasteiger partial charge in [-0.05, 0) is 53.4 Å². The highest BCUT2D eigenvalue weighted by atomic mass is 16.5. The number of rotatable bonds is 14. The molecule has 1 heterocycles.